The Morgan fingerprint density at radius 1 is 0.556 bits per heavy atom. The molecule has 3 aromatic carbocycles. The molecule has 1 nitrogen and oxygen atoms in total. The van der Waals surface area contributed by atoms with Crippen molar-refractivity contribution < 1.29 is 13.2 Å². The minimum Gasteiger partial charge on any atom is -0.256 e. The van der Waals surface area contributed by atoms with E-state index in [4.69, 9.17) is 0 Å². The monoisotopic (exact) mass is 361 g/mol. The van der Waals surface area contributed by atoms with Crippen LogP contribution < -0.4 is 0 Å². The van der Waals surface area contributed by atoms with Crippen LogP contribution in [0.5, 0.6) is 0 Å². The highest BCUT2D eigenvalue weighted by Gasteiger charge is 2.16. The molecular formula is C23H14F3N. The SMILES string of the molecule is Fc1cccc(-c2ccnc(-c3cccc(F)c3)c2-c2cccc(F)c2)c1. The van der Waals surface area contributed by atoms with E-state index >= 15 is 0 Å². The predicted molar refractivity (Wildman–Crippen MR) is 100 cm³/mol. The van der Waals surface area contributed by atoms with E-state index in [1.807, 2.05) is 0 Å². The van der Waals surface area contributed by atoms with Crippen molar-refractivity contribution in [3.8, 4) is 33.5 Å². The summed E-state index contributed by atoms with van der Waals surface area (Å²) >= 11 is 0. The molecule has 0 atom stereocenters. The third-order valence-electron chi connectivity index (χ3n) is 4.30. The maximum atomic E-state index is 13.9. The lowest BCUT2D eigenvalue weighted by atomic mass is 9.91. The fourth-order valence-electron chi connectivity index (χ4n) is 3.15. The topological polar surface area (TPSA) is 12.9 Å². The molecule has 0 fully saturated rings. The summed E-state index contributed by atoms with van der Waals surface area (Å²) in [5.41, 5.74) is 3.59. The number of pyridine rings is 1. The number of hydrogen-bond donors (Lipinski definition) is 0. The Labute approximate surface area is 154 Å². The van der Waals surface area contributed by atoms with Crippen molar-refractivity contribution >= 4 is 0 Å². The Bertz CT molecular complexity index is 1060. The third kappa shape index (κ3) is 3.47. The number of nitrogens with zero attached hydrogens (tertiary/aromatic N) is 1. The van der Waals surface area contributed by atoms with E-state index in [0.717, 1.165) is 0 Å². The van der Waals surface area contributed by atoms with Crippen LogP contribution in [0.1, 0.15) is 0 Å². The summed E-state index contributed by atoms with van der Waals surface area (Å²) < 4.78 is 41.5. The van der Waals surface area contributed by atoms with Gasteiger partial charge in [-0.3, -0.25) is 4.98 Å². The Balaban J connectivity index is 2.04. The molecule has 0 unspecified atom stereocenters. The molecule has 0 radical (unpaired) electrons. The van der Waals surface area contributed by atoms with E-state index in [9.17, 15) is 13.2 Å². The molecule has 4 rings (SSSR count). The molecule has 0 bridgehead atoms. The average molecular weight is 361 g/mol. The van der Waals surface area contributed by atoms with Gasteiger partial charge in [0.15, 0.2) is 0 Å². The third-order valence-corrected chi connectivity index (χ3v) is 4.30. The molecule has 0 N–H and O–H groups in total. The maximum Gasteiger partial charge on any atom is 0.123 e. The normalized spacial score (nSPS) is 10.8. The largest absolute Gasteiger partial charge is 0.256 e. The molecule has 0 aliphatic rings. The number of benzene rings is 3. The lowest BCUT2D eigenvalue weighted by Gasteiger charge is -2.15. The molecule has 4 heteroatoms. The minimum absolute atomic E-state index is 0.373. The van der Waals surface area contributed by atoms with Gasteiger partial charge in [0.25, 0.3) is 0 Å². The van der Waals surface area contributed by atoms with Gasteiger partial charge >= 0.3 is 0 Å². The van der Waals surface area contributed by atoms with Crippen molar-refractivity contribution in [1.82, 2.24) is 4.98 Å². The molecule has 0 saturated heterocycles. The standard InChI is InChI=1S/C23H14F3N/c24-18-7-1-4-15(12-18)21-10-11-27-23(17-6-3-9-20(26)14-17)22(21)16-5-2-8-19(25)13-16/h1-14H. The number of rotatable bonds is 3. The van der Waals surface area contributed by atoms with E-state index in [1.165, 1.54) is 36.4 Å². The molecule has 1 aromatic heterocycles. The van der Waals surface area contributed by atoms with Crippen LogP contribution >= 0.6 is 0 Å². The van der Waals surface area contributed by atoms with Crippen LogP contribution in [0.2, 0.25) is 0 Å². The molecule has 0 saturated carbocycles. The summed E-state index contributed by atoms with van der Waals surface area (Å²) in [4.78, 5) is 4.42. The average Bonchev–Trinajstić information content (AvgIpc) is 2.67. The quantitative estimate of drug-likeness (QED) is 0.406. The molecule has 0 aliphatic carbocycles. The first-order valence-electron chi connectivity index (χ1n) is 8.38. The predicted octanol–water partition coefficient (Wildman–Crippen LogP) is 6.50. The Morgan fingerprint density at radius 3 is 1.70 bits per heavy atom. The fourth-order valence-corrected chi connectivity index (χ4v) is 3.15. The maximum absolute atomic E-state index is 13.9. The number of halogens is 3. The first-order chi connectivity index (χ1) is 13.1. The highest BCUT2D eigenvalue weighted by atomic mass is 19.1. The summed E-state index contributed by atoms with van der Waals surface area (Å²) in [6.45, 7) is 0. The molecular weight excluding hydrogens is 347 g/mol. The van der Waals surface area contributed by atoms with Crippen LogP contribution in [0, 0.1) is 17.5 Å². The lowest BCUT2D eigenvalue weighted by Crippen LogP contribution is -1.94. The smallest absolute Gasteiger partial charge is 0.123 e. The van der Waals surface area contributed by atoms with E-state index < -0.39 is 11.6 Å². The van der Waals surface area contributed by atoms with Gasteiger partial charge in [-0.25, -0.2) is 13.2 Å². The van der Waals surface area contributed by atoms with Gasteiger partial charge in [0.2, 0.25) is 0 Å². The van der Waals surface area contributed by atoms with Crippen LogP contribution in [0.4, 0.5) is 13.2 Å². The molecule has 0 amide bonds. The van der Waals surface area contributed by atoms with Crippen molar-refractivity contribution in [2.45, 2.75) is 0 Å². The van der Waals surface area contributed by atoms with E-state index in [0.29, 0.717) is 33.5 Å². The van der Waals surface area contributed by atoms with E-state index in [2.05, 4.69) is 4.98 Å². The second-order valence-electron chi connectivity index (χ2n) is 6.11. The number of aromatic nitrogens is 1. The van der Waals surface area contributed by atoms with Gasteiger partial charge in [0, 0.05) is 17.3 Å². The van der Waals surface area contributed by atoms with Gasteiger partial charge in [-0.15, -0.1) is 0 Å². The van der Waals surface area contributed by atoms with Crippen molar-refractivity contribution in [3.63, 3.8) is 0 Å². The summed E-state index contributed by atoms with van der Waals surface area (Å²) in [5.74, 6) is -1.16. The first-order valence-corrected chi connectivity index (χ1v) is 8.38. The summed E-state index contributed by atoms with van der Waals surface area (Å²) in [5, 5.41) is 0. The van der Waals surface area contributed by atoms with Crippen molar-refractivity contribution in [3.05, 3.63) is 103 Å². The first kappa shape index (κ1) is 17.0. The molecule has 0 spiro atoms. The molecule has 4 aromatic rings. The van der Waals surface area contributed by atoms with Crippen LogP contribution in [-0.4, -0.2) is 4.98 Å². The Kier molecular flexibility index (Phi) is 4.47. The van der Waals surface area contributed by atoms with Crippen molar-refractivity contribution in [2.24, 2.45) is 0 Å². The fraction of sp³-hybridized carbons (Fsp3) is 0. The summed E-state index contributed by atoms with van der Waals surface area (Å²) in [6, 6.07) is 20.1. The van der Waals surface area contributed by atoms with Crippen LogP contribution in [0.15, 0.2) is 85.1 Å². The zero-order chi connectivity index (χ0) is 18.8. The van der Waals surface area contributed by atoms with Gasteiger partial charge in [-0.2, -0.15) is 0 Å². The molecule has 27 heavy (non-hydrogen) atoms. The highest BCUT2D eigenvalue weighted by molar-refractivity contribution is 5.92. The van der Waals surface area contributed by atoms with Crippen LogP contribution in [0.3, 0.4) is 0 Å². The molecule has 1 heterocycles. The van der Waals surface area contributed by atoms with Crippen LogP contribution in [0.25, 0.3) is 33.5 Å². The van der Waals surface area contributed by atoms with E-state index in [-0.39, 0.29) is 5.82 Å². The second kappa shape index (κ2) is 7.08. The highest BCUT2D eigenvalue weighted by Crippen LogP contribution is 2.39. The zero-order valence-electron chi connectivity index (χ0n) is 14.2. The lowest BCUT2D eigenvalue weighted by molar-refractivity contribution is 0.627. The van der Waals surface area contributed by atoms with Gasteiger partial charge in [-0.05, 0) is 59.2 Å². The van der Waals surface area contributed by atoms with Crippen molar-refractivity contribution in [1.29, 1.82) is 0 Å². The zero-order valence-corrected chi connectivity index (χ0v) is 14.2. The minimum atomic E-state index is -0.397. The van der Waals surface area contributed by atoms with E-state index in [1.54, 1.807) is 48.7 Å². The van der Waals surface area contributed by atoms with Gasteiger partial charge in [0.05, 0.1) is 5.69 Å². The van der Waals surface area contributed by atoms with Crippen molar-refractivity contribution in [2.75, 3.05) is 0 Å². The molecule has 0 aliphatic heterocycles. The van der Waals surface area contributed by atoms with Gasteiger partial charge < -0.3 is 0 Å². The summed E-state index contributed by atoms with van der Waals surface area (Å²) in [7, 11) is 0. The second-order valence-corrected chi connectivity index (χ2v) is 6.11. The summed E-state index contributed by atoms with van der Waals surface area (Å²) in [6.07, 6.45) is 1.59. The molecule has 132 valence electrons. The van der Waals surface area contributed by atoms with Crippen LogP contribution in [-0.2, 0) is 0 Å². The Morgan fingerprint density at radius 2 is 1.07 bits per heavy atom. The Hall–Kier alpha value is -3.40. The van der Waals surface area contributed by atoms with Gasteiger partial charge in [-0.1, -0.05) is 36.4 Å². The number of hydrogen-bond acceptors (Lipinski definition) is 1. The van der Waals surface area contributed by atoms with Gasteiger partial charge in [0.1, 0.15) is 17.5 Å².